The van der Waals surface area contributed by atoms with E-state index in [0.717, 1.165) is 35.1 Å². The third-order valence-corrected chi connectivity index (χ3v) is 7.73. The van der Waals surface area contributed by atoms with Gasteiger partial charge < -0.3 is 9.80 Å². The van der Waals surface area contributed by atoms with Gasteiger partial charge in [0.1, 0.15) is 0 Å². The number of fused-ring (bicyclic) bond motifs is 1. The molecule has 0 aromatic carbocycles. The molecule has 0 aromatic heterocycles. The first-order valence-electron chi connectivity index (χ1n) is 9.05. The molecule has 3 aliphatic carbocycles. The minimum absolute atomic E-state index is 0.733. The molecular weight excluding hydrogens is 244 g/mol. The molecule has 0 N–H and O–H groups in total. The standard InChI is InChI=1S/C18H32N2/c1-4-13(2)20-11-16-15-5-6-18(17(16)12-20)7-8-19(3)10-14(15)9-18/h13-17H,4-12H2,1-3H3. The van der Waals surface area contributed by atoms with Gasteiger partial charge in [-0.2, -0.15) is 0 Å². The molecule has 2 heterocycles. The first kappa shape index (κ1) is 13.6. The molecule has 5 fully saturated rings. The lowest BCUT2D eigenvalue weighted by atomic mass is 9.48. The first-order valence-corrected chi connectivity index (χ1v) is 9.05. The average molecular weight is 276 g/mol. The maximum Gasteiger partial charge on any atom is 0.00645 e. The molecule has 6 atom stereocenters. The van der Waals surface area contributed by atoms with Crippen LogP contribution >= 0.6 is 0 Å². The summed E-state index contributed by atoms with van der Waals surface area (Å²) >= 11 is 0. The summed E-state index contributed by atoms with van der Waals surface area (Å²) in [6, 6.07) is 0.807. The lowest BCUT2D eigenvalue weighted by Gasteiger charge is -2.57. The van der Waals surface area contributed by atoms with E-state index in [1.807, 2.05) is 0 Å². The second kappa shape index (κ2) is 4.71. The molecule has 114 valence electrons. The molecule has 2 heteroatoms. The van der Waals surface area contributed by atoms with E-state index in [2.05, 4.69) is 30.7 Å². The Kier molecular flexibility index (Phi) is 3.20. The largest absolute Gasteiger partial charge is 0.306 e. The summed E-state index contributed by atoms with van der Waals surface area (Å²) in [7, 11) is 2.36. The van der Waals surface area contributed by atoms with E-state index >= 15 is 0 Å². The first-order chi connectivity index (χ1) is 9.63. The highest BCUT2D eigenvalue weighted by molar-refractivity contribution is 5.10. The minimum Gasteiger partial charge on any atom is -0.306 e. The highest BCUT2D eigenvalue weighted by Crippen LogP contribution is 2.63. The van der Waals surface area contributed by atoms with Gasteiger partial charge in [-0.05, 0) is 81.7 Å². The molecule has 2 saturated heterocycles. The van der Waals surface area contributed by atoms with E-state index in [0.29, 0.717) is 0 Å². The fourth-order valence-corrected chi connectivity index (χ4v) is 6.44. The molecule has 5 rings (SSSR count). The fourth-order valence-electron chi connectivity index (χ4n) is 6.44. The number of rotatable bonds is 2. The number of nitrogens with zero attached hydrogens (tertiary/aromatic N) is 2. The van der Waals surface area contributed by atoms with Crippen molar-refractivity contribution in [1.82, 2.24) is 9.80 Å². The van der Waals surface area contributed by atoms with Crippen molar-refractivity contribution in [1.29, 1.82) is 0 Å². The number of hydrogen-bond donors (Lipinski definition) is 0. The van der Waals surface area contributed by atoms with Gasteiger partial charge in [0.05, 0.1) is 0 Å². The van der Waals surface area contributed by atoms with Crippen LogP contribution in [0.5, 0.6) is 0 Å². The van der Waals surface area contributed by atoms with E-state index < -0.39 is 0 Å². The van der Waals surface area contributed by atoms with Gasteiger partial charge in [0, 0.05) is 25.7 Å². The molecule has 1 spiro atoms. The van der Waals surface area contributed by atoms with Crippen molar-refractivity contribution in [2.75, 3.05) is 33.2 Å². The smallest absolute Gasteiger partial charge is 0.00645 e. The summed E-state index contributed by atoms with van der Waals surface area (Å²) in [5.41, 5.74) is 0.733. The van der Waals surface area contributed by atoms with E-state index in [4.69, 9.17) is 0 Å². The van der Waals surface area contributed by atoms with Crippen LogP contribution in [0.2, 0.25) is 0 Å². The molecule has 3 saturated carbocycles. The van der Waals surface area contributed by atoms with Crippen molar-refractivity contribution in [3.8, 4) is 0 Å². The monoisotopic (exact) mass is 276 g/mol. The molecule has 0 radical (unpaired) electrons. The van der Waals surface area contributed by atoms with E-state index in [1.165, 1.54) is 39.0 Å². The van der Waals surface area contributed by atoms with Gasteiger partial charge in [-0.3, -0.25) is 0 Å². The Labute approximate surface area is 124 Å². The Bertz CT molecular complexity index is 382. The van der Waals surface area contributed by atoms with Crippen LogP contribution < -0.4 is 0 Å². The summed E-state index contributed by atoms with van der Waals surface area (Å²) in [5.74, 6) is 4.16. The summed E-state index contributed by atoms with van der Waals surface area (Å²) in [6.07, 6.45) is 7.48. The summed E-state index contributed by atoms with van der Waals surface area (Å²) < 4.78 is 0. The predicted molar refractivity (Wildman–Crippen MR) is 83.7 cm³/mol. The molecule has 6 unspecified atom stereocenters. The Morgan fingerprint density at radius 2 is 2.00 bits per heavy atom. The molecule has 0 amide bonds. The molecule has 5 aliphatic rings. The lowest BCUT2D eigenvalue weighted by molar-refractivity contribution is -0.0682. The van der Waals surface area contributed by atoms with Crippen LogP contribution in [-0.2, 0) is 0 Å². The highest BCUT2D eigenvalue weighted by Gasteiger charge is 2.60. The van der Waals surface area contributed by atoms with Crippen LogP contribution in [0.4, 0.5) is 0 Å². The molecule has 0 aromatic rings. The molecule has 2 aliphatic heterocycles. The van der Waals surface area contributed by atoms with Gasteiger partial charge in [-0.1, -0.05) is 6.92 Å². The average Bonchev–Trinajstić information content (AvgIpc) is 2.88. The van der Waals surface area contributed by atoms with Crippen LogP contribution in [0, 0.1) is 29.1 Å². The fraction of sp³-hybridized carbons (Fsp3) is 1.00. The summed E-state index contributed by atoms with van der Waals surface area (Å²) in [4.78, 5) is 5.48. The summed E-state index contributed by atoms with van der Waals surface area (Å²) in [5, 5.41) is 0. The Morgan fingerprint density at radius 3 is 2.80 bits per heavy atom. The number of hydrogen-bond acceptors (Lipinski definition) is 2. The Balaban J connectivity index is 1.63. The van der Waals surface area contributed by atoms with E-state index in [-0.39, 0.29) is 0 Å². The van der Waals surface area contributed by atoms with Crippen molar-refractivity contribution < 1.29 is 0 Å². The van der Waals surface area contributed by atoms with Crippen molar-refractivity contribution in [2.24, 2.45) is 29.1 Å². The van der Waals surface area contributed by atoms with Gasteiger partial charge in [-0.15, -0.1) is 0 Å². The van der Waals surface area contributed by atoms with Crippen LogP contribution in [0.15, 0.2) is 0 Å². The lowest BCUT2D eigenvalue weighted by Crippen LogP contribution is -2.52. The second-order valence-electron chi connectivity index (χ2n) is 8.52. The molecule has 2 nitrogen and oxygen atoms in total. The zero-order valence-corrected chi connectivity index (χ0v) is 13.6. The van der Waals surface area contributed by atoms with Crippen LogP contribution in [0.1, 0.15) is 46.0 Å². The van der Waals surface area contributed by atoms with Crippen molar-refractivity contribution in [2.45, 2.75) is 52.0 Å². The van der Waals surface area contributed by atoms with Crippen LogP contribution in [0.3, 0.4) is 0 Å². The van der Waals surface area contributed by atoms with Crippen molar-refractivity contribution in [3.63, 3.8) is 0 Å². The van der Waals surface area contributed by atoms with Gasteiger partial charge in [0.2, 0.25) is 0 Å². The van der Waals surface area contributed by atoms with Gasteiger partial charge in [0.15, 0.2) is 0 Å². The van der Waals surface area contributed by atoms with Crippen molar-refractivity contribution in [3.05, 3.63) is 0 Å². The topological polar surface area (TPSA) is 6.48 Å². The normalized spacial score (nSPS) is 50.0. The third-order valence-electron chi connectivity index (χ3n) is 7.73. The molecule has 20 heavy (non-hydrogen) atoms. The molecule has 3 bridgehead atoms. The van der Waals surface area contributed by atoms with Gasteiger partial charge >= 0.3 is 0 Å². The maximum atomic E-state index is 2.84. The Morgan fingerprint density at radius 1 is 1.15 bits per heavy atom. The highest BCUT2D eigenvalue weighted by atomic mass is 15.2. The van der Waals surface area contributed by atoms with Gasteiger partial charge in [-0.25, -0.2) is 0 Å². The van der Waals surface area contributed by atoms with Crippen molar-refractivity contribution >= 4 is 0 Å². The van der Waals surface area contributed by atoms with Crippen LogP contribution in [0.25, 0.3) is 0 Å². The van der Waals surface area contributed by atoms with Gasteiger partial charge in [0.25, 0.3) is 0 Å². The molecular formula is C18H32N2. The third kappa shape index (κ3) is 1.83. The quantitative estimate of drug-likeness (QED) is 0.765. The predicted octanol–water partition coefficient (Wildman–Crippen LogP) is 3.08. The van der Waals surface area contributed by atoms with E-state index in [1.54, 1.807) is 19.3 Å². The zero-order valence-electron chi connectivity index (χ0n) is 13.6. The maximum absolute atomic E-state index is 2.84. The SMILES string of the molecule is CCC(C)N1CC2C3CCC4(CCN(C)CC3C4)C2C1. The number of likely N-dealkylation sites (tertiary alicyclic amines) is 2. The van der Waals surface area contributed by atoms with E-state index in [9.17, 15) is 0 Å². The van der Waals surface area contributed by atoms with Crippen LogP contribution in [-0.4, -0.2) is 49.1 Å². The summed E-state index contributed by atoms with van der Waals surface area (Å²) in [6.45, 7) is 10.4. The zero-order chi connectivity index (χ0) is 13.9. The minimum atomic E-state index is 0.733. The Hall–Kier alpha value is -0.0800. The second-order valence-corrected chi connectivity index (χ2v) is 8.52.